The van der Waals surface area contributed by atoms with E-state index in [-0.39, 0.29) is 0 Å². The first-order valence-electron chi connectivity index (χ1n) is 7.67. The normalized spacial score (nSPS) is 35.3. The molecule has 1 aliphatic heterocycles. The average molecular weight is 239 g/mol. The number of piperidine rings is 1. The van der Waals surface area contributed by atoms with Crippen LogP contribution >= 0.6 is 0 Å². The van der Waals surface area contributed by atoms with Crippen LogP contribution in [0.2, 0.25) is 0 Å². The number of hydrogen-bond donors (Lipinski definition) is 1. The highest BCUT2D eigenvalue weighted by molar-refractivity contribution is 4.85. The molecule has 0 spiro atoms. The molecule has 2 fully saturated rings. The molecule has 100 valence electrons. The van der Waals surface area contributed by atoms with E-state index in [0.717, 1.165) is 12.5 Å². The van der Waals surface area contributed by atoms with Crippen molar-refractivity contribution in [2.24, 2.45) is 5.92 Å². The molecule has 3 unspecified atom stereocenters. The second kappa shape index (κ2) is 6.75. The predicted octanol–water partition coefficient (Wildman–Crippen LogP) is 3.50. The van der Waals surface area contributed by atoms with Gasteiger partial charge in [0.2, 0.25) is 0 Å². The third-order valence-corrected chi connectivity index (χ3v) is 4.60. The lowest BCUT2D eigenvalue weighted by molar-refractivity contribution is -0.00574. The molecule has 2 heteroatoms. The van der Waals surface area contributed by atoms with Gasteiger partial charge in [-0.05, 0) is 38.5 Å². The molecule has 2 rings (SSSR count). The van der Waals surface area contributed by atoms with Crippen LogP contribution in [0.5, 0.6) is 0 Å². The van der Waals surface area contributed by atoms with Crippen molar-refractivity contribution in [3.05, 3.63) is 0 Å². The molecule has 0 amide bonds. The van der Waals surface area contributed by atoms with E-state index in [2.05, 4.69) is 19.2 Å². The van der Waals surface area contributed by atoms with Crippen LogP contribution in [-0.4, -0.2) is 24.8 Å². The van der Waals surface area contributed by atoms with Crippen LogP contribution in [0.4, 0.5) is 0 Å². The molecule has 0 aromatic heterocycles. The predicted molar refractivity (Wildman–Crippen MR) is 72.2 cm³/mol. The van der Waals surface area contributed by atoms with Crippen LogP contribution in [0.15, 0.2) is 0 Å². The van der Waals surface area contributed by atoms with E-state index in [1.807, 2.05) is 0 Å². The first-order valence-corrected chi connectivity index (χ1v) is 7.67. The Hall–Kier alpha value is -0.0800. The van der Waals surface area contributed by atoms with Gasteiger partial charge in [-0.3, -0.25) is 0 Å². The van der Waals surface area contributed by atoms with Crippen molar-refractivity contribution in [3.63, 3.8) is 0 Å². The fourth-order valence-corrected chi connectivity index (χ4v) is 3.44. The van der Waals surface area contributed by atoms with E-state index >= 15 is 0 Å². The second-order valence-electron chi connectivity index (χ2n) is 6.01. The highest BCUT2D eigenvalue weighted by Crippen LogP contribution is 2.28. The van der Waals surface area contributed by atoms with E-state index in [9.17, 15) is 0 Å². The monoisotopic (exact) mass is 239 g/mol. The highest BCUT2D eigenvalue weighted by atomic mass is 16.5. The molecule has 0 radical (unpaired) electrons. The maximum atomic E-state index is 6.13. The van der Waals surface area contributed by atoms with E-state index in [4.69, 9.17) is 4.74 Å². The lowest BCUT2D eigenvalue weighted by Crippen LogP contribution is -2.50. The lowest BCUT2D eigenvalue weighted by Gasteiger charge is -2.35. The zero-order valence-electron chi connectivity index (χ0n) is 11.6. The van der Waals surface area contributed by atoms with Gasteiger partial charge in [0.25, 0.3) is 0 Å². The number of hydrogen-bond acceptors (Lipinski definition) is 2. The summed E-state index contributed by atoms with van der Waals surface area (Å²) in [6.07, 6.45) is 11.3. The summed E-state index contributed by atoms with van der Waals surface area (Å²) >= 11 is 0. The van der Waals surface area contributed by atoms with Crippen molar-refractivity contribution in [1.82, 2.24) is 5.32 Å². The molecule has 0 aromatic carbocycles. The van der Waals surface area contributed by atoms with Gasteiger partial charge in [-0.2, -0.15) is 0 Å². The fourth-order valence-electron chi connectivity index (χ4n) is 3.44. The van der Waals surface area contributed by atoms with Crippen LogP contribution in [0, 0.1) is 5.92 Å². The van der Waals surface area contributed by atoms with E-state index < -0.39 is 0 Å². The van der Waals surface area contributed by atoms with Gasteiger partial charge in [-0.15, -0.1) is 0 Å². The second-order valence-corrected chi connectivity index (χ2v) is 6.01. The first-order chi connectivity index (χ1) is 8.29. The smallest absolute Gasteiger partial charge is 0.0728 e. The molecule has 1 N–H and O–H groups in total. The molecule has 1 saturated heterocycles. The van der Waals surface area contributed by atoms with Gasteiger partial charge in [0.05, 0.1) is 6.10 Å². The summed E-state index contributed by atoms with van der Waals surface area (Å²) in [5, 5.41) is 3.67. The first kappa shape index (κ1) is 13.4. The number of ether oxygens (including phenoxy) is 1. The average Bonchev–Trinajstić information content (AvgIpc) is 2.84. The molecule has 0 aromatic rings. The minimum atomic E-state index is 0.470. The van der Waals surface area contributed by atoms with Crippen molar-refractivity contribution in [2.45, 2.75) is 83.4 Å². The summed E-state index contributed by atoms with van der Waals surface area (Å²) in [6, 6.07) is 1.26. The maximum absolute atomic E-state index is 6.13. The largest absolute Gasteiger partial charge is 0.377 e. The third kappa shape index (κ3) is 3.96. The van der Waals surface area contributed by atoms with E-state index in [0.29, 0.717) is 18.2 Å². The Balaban J connectivity index is 1.66. The van der Waals surface area contributed by atoms with Crippen molar-refractivity contribution >= 4 is 0 Å². The Kier molecular flexibility index (Phi) is 5.30. The lowest BCUT2D eigenvalue weighted by atomic mass is 9.94. The van der Waals surface area contributed by atoms with Crippen LogP contribution in [0.1, 0.15) is 65.2 Å². The summed E-state index contributed by atoms with van der Waals surface area (Å²) in [4.78, 5) is 0. The summed E-state index contributed by atoms with van der Waals surface area (Å²) in [7, 11) is 0. The van der Waals surface area contributed by atoms with Gasteiger partial charge in [-0.1, -0.05) is 32.6 Å². The Morgan fingerprint density at radius 1 is 1.12 bits per heavy atom. The van der Waals surface area contributed by atoms with Crippen LogP contribution in [0.25, 0.3) is 0 Å². The maximum Gasteiger partial charge on any atom is 0.0728 e. The molecule has 0 bridgehead atoms. The third-order valence-electron chi connectivity index (χ3n) is 4.60. The summed E-state index contributed by atoms with van der Waals surface area (Å²) in [5.41, 5.74) is 0. The highest BCUT2D eigenvalue weighted by Gasteiger charge is 2.27. The summed E-state index contributed by atoms with van der Waals surface area (Å²) in [6.45, 7) is 5.54. The topological polar surface area (TPSA) is 21.3 Å². The van der Waals surface area contributed by atoms with Crippen molar-refractivity contribution in [3.8, 4) is 0 Å². The van der Waals surface area contributed by atoms with Crippen molar-refractivity contribution < 1.29 is 4.74 Å². The Morgan fingerprint density at radius 3 is 2.59 bits per heavy atom. The molecular weight excluding hydrogens is 210 g/mol. The van der Waals surface area contributed by atoms with Gasteiger partial charge < -0.3 is 10.1 Å². The standard InChI is InChI=1S/C15H29NO/c1-3-14-15(9-8-12(2)16-14)17-11-10-13-6-4-5-7-13/h12-16H,3-11H2,1-2H3. The van der Waals surface area contributed by atoms with E-state index in [1.165, 1.54) is 51.4 Å². The molecule has 2 nitrogen and oxygen atoms in total. The Bertz CT molecular complexity index is 213. The van der Waals surface area contributed by atoms with Crippen molar-refractivity contribution in [2.75, 3.05) is 6.61 Å². The van der Waals surface area contributed by atoms with Crippen LogP contribution in [0.3, 0.4) is 0 Å². The van der Waals surface area contributed by atoms with E-state index in [1.54, 1.807) is 0 Å². The molecule has 1 aliphatic carbocycles. The zero-order chi connectivity index (χ0) is 12.1. The number of nitrogens with one attached hydrogen (secondary N) is 1. The molecular formula is C15H29NO. The fraction of sp³-hybridized carbons (Fsp3) is 1.00. The summed E-state index contributed by atoms with van der Waals surface area (Å²) in [5.74, 6) is 0.963. The quantitative estimate of drug-likeness (QED) is 0.793. The van der Waals surface area contributed by atoms with Gasteiger partial charge in [0.15, 0.2) is 0 Å². The molecule has 1 saturated carbocycles. The molecule has 3 atom stereocenters. The van der Waals surface area contributed by atoms with Gasteiger partial charge in [0.1, 0.15) is 0 Å². The van der Waals surface area contributed by atoms with Gasteiger partial charge >= 0.3 is 0 Å². The van der Waals surface area contributed by atoms with Gasteiger partial charge in [0, 0.05) is 18.7 Å². The minimum absolute atomic E-state index is 0.470. The minimum Gasteiger partial charge on any atom is -0.377 e. The van der Waals surface area contributed by atoms with Crippen molar-refractivity contribution in [1.29, 1.82) is 0 Å². The zero-order valence-corrected chi connectivity index (χ0v) is 11.6. The Morgan fingerprint density at radius 2 is 1.88 bits per heavy atom. The Labute approximate surface area is 107 Å². The summed E-state index contributed by atoms with van der Waals surface area (Å²) < 4.78 is 6.13. The van der Waals surface area contributed by atoms with Crippen LogP contribution < -0.4 is 5.32 Å². The number of rotatable bonds is 5. The van der Waals surface area contributed by atoms with Gasteiger partial charge in [-0.25, -0.2) is 0 Å². The SMILES string of the molecule is CCC1NC(C)CCC1OCCC1CCCC1. The molecule has 17 heavy (non-hydrogen) atoms. The molecule has 2 aliphatic rings. The van der Waals surface area contributed by atoms with Crippen LogP contribution in [-0.2, 0) is 4.74 Å². The molecule has 1 heterocycles.